The molecule has 0 aliphatic carbocycles. The fourth-order valence-corrected chi connectivity index (χ4v) is 3.21. The van der Waals surface area contributed by atoms with Gasteiger partial charge in [0.1, 0.15) is 12.5 Å². The van der Waals surface area contributed by atoms with Crippen molar-refractivity contribution >= 4 is 12.4 Å². The standard InChI is InChI=1S/C14H15N3/c1-9-10(2)17-14-13-11(4-3-5-12(9)13)6-7-16(14)8-15-17/h3-10,14H,1-2H3. The molecule has 0 spiro atoms. The van der Waals surface area contributed by atoms with E-state index in [0.29, 0.717) is 12.0 Å². The smallest absolute Gasteiger partial charge is 0.150 e. The Hall–Kier alpha value is -1.77. The first-order chi connectivity index (χ1) is 8.27. The zero-order valence-corrected chi connectivity index (χ0v) is 10.0. The quantitative estimate of drug-likeness (QED) is 0.676. The highest BCUT2D eigenvalue weighted by Crippen LogP contribution is 2.46. The van der Waals surface area contributed by atoms with E-state index in [9.17, 15) is 0 Å². The lowest BCUT2D eigenvalue weighted by molar-refractivity contribution is 0.0826. The van der Waals surface area contributed by atoms with Crippen LogP contribution < -0.4 is 0 Å². The molecule has 0 fully saturated rings. The Morgan fingerprint density at radius 3 is 3.00 bits per heavy atom. The molecule has 0 aromatic heterocycles. The molecule has 3 aliphatic heterocycles. The molecule has 3 unspecified atom stereocenters. The summed E-state index contributed by atoms with van der Waals surface area (Å²) in [6.45, 7) is 4.56. The second-order valence-electron chi connectivity index (χ2n) is 5.13. The maximum Gasteiger partial charge on any atom is 0.150 e. The first kappa shape index (κ1) is 9.28. The first-order valence-electron chi connectivity index (χ1n) is 6.18. The van der Waals surface area contributed by atoms with Crippen molar-refractivity contribution in [3.8, 4) is 0 Å². The second kappa shape index (κ2) is 2.92. The molecule has 1 aromatic rings. The van der Waals surface area contributed by atoms with Crippen molar-refractivity contribution in [3.05, 3.63) is 41.1 Å². The molecule has 17 heavy (non-hydrogen) atoms. The highest BCUT2D eigenvalue weighted by atomic mass is 15.6. The normalized spacial score (nSPS) is 32.0. The van der Waals surface area contributed by atoms with Crippen LogP contribution in [0.25, 0.3) is 6.08 Å². The van der Waals surface area contributed by atoms with Gasteiger partial charge in [-0.1, -0.05) is 25.1 Å². The third kappa shape index (κ3) is 0.996. The van der Waals surface area contributed by atoms with Crippen LogP contribution in [0.15, 0.2) is 29.5 Å². The van der Waals surface area contributed by atoms with Crippen LogP contribution in [-0.2, 0) is 0 Å². The summed E-state index contributed by atoms with van der Waals surface area (Å²) in [5.74, 6) is 0.532. The Morgan fingerprint density at radius 1 is 1.24 bits per heavy atom. The molecule has 3 nitrogen and oxygen atoms in total. The summed E-state index contributed by atoms with van der Waals surface area (Å²) >= 11 is 0. The molecule has 0 N–H and O–H groups in total. The van der Waals surface area contributed by atoms with Crippen molar-refractivity contribution in [3.63, 3.8) is 0 Å². The van der Waals surface area contributed by atoms with Crippen LogP contribution in [0.4, 0.5) is 0 Å². The summed E-state index contributed by atoms with van der Waals surface area (Å²) in [6.07, 6.45) is 6.55. The van der Waals surface area contributed by atoms with E-state index in [-0.39, 0.29) is 6.17 Å². The van der Waals surface area contributed by atoms with Crippen LogP contribution in [0, 0.1) is 0 Å². The molecular weight excluding hydrogens is 210 g/mol. The van der Waals surface area contributed by atoms with E-state index in [1.807, 2.05) is 6.34 Å². The van der Waals surface area contributed by atoms with Gasteiger partial charge in [0, 0.05) is 17.7 Å². The molecule has 0 bridgehead atoms. The van der Waals surface area contributed by atoms with Crippen LogP contribution in [-0.4, -0.2) is 22.3 Å². The molecule has 4 rings (SSSR count). The average molecular weight is 225 g/mol. The minimum absolute atomic E-state index is 0.289. The highest BCUT2D eigenvalue weighted by molar-refractivity contribution is 5.69. The molecule has 0 saturated carbocycles. The zero-order valence-electron chi connectivity index (χ0n) is 10.0. The van der Waals surface area contributed by atoms with Gasteiger partial charge in [0.15, 0.2) is 0 Å². The Balaban J connectivity index is 2.03. The van der Waals surface area contributed by atoms with Gasteiger partial charge in [-0.25, -0.2) is 0 Å². The fourth-order valence-electron chi connectivity index (χ4n) is 3.21. The van der Waals surface area contributed by atoms with Crippen molar-refractivity contribution in [1.29, 1.82) is 0 Å². The van der Waals surface area contributed by atoms with Gasteiger partial charge >= 0.3 is 0 Å². The van der Waals surface area contributed by atoms with Gasteiger partial charge in [0.2, 0.25) is 0 Å². The summed E-state index contributed by atoms with van der Waals surface area (Å²) < 4.78 is 0. The first-order valence-corrected chi connectivity index (χ1v) is 6.18. The number of nitrogens with zero attached hydrogens (tertiary/aromatic N) is 3. The number of hydrazone groups is 1. The van der Waals surface area contributed by atoms with Crippen molar-refractivity contribution in [2.45, 2.75) is 32.0 Å². The summed E-state index contributed by atoms with van der Waals surface area (Å²) in [5, 5.41) is 6.79. The number of benzene rings is 1. The van der Waals surface area contributed by atoms with E-state index in [0.717, 1.165) is 0 Å². The van der Waals surface area contributed by atoms with Crippen molar-refractivity contribution in [1.82, 2.24) is 9.91 Å². The fraction of sp³-hybridized carbons (Fsp3) is 0.357. The van der Waals surface area contributed by atoms with Gasteiger partial charge in [-0.05, 0) is 24.1 Å². The second-order valence-corrected chi connectivity index (χ2v) is 5.13. The Bertz CT molecular complexity index is 546. The molecule has 3 atom stereocenters. The van der Waals surface area contributed by atoms with E-state index in [1.165, 1.54) is 16.7 Å². The number of hydrogen-bond acceptors (Lipinski definition) is 3. The summed E-state index contributed by atoms with van der Waals surface area (Å²) in [5.41, 5.74) is 4.27. The molecule has 3 heteroatoms. The average Bonchev–Trinajstić information content (AvgIpc) is 2.79. The molecule has 1 aromatic carbocycles. The minimum atomic E-state index is 0.289. The molecule has 86 valence electrons. The van der Waals surface area contributed by atoms with E-state index in [2.05, 4.69) is 59.3 Å². The van der Waals surface area contributed by atoms with Crippen molar-refractivity contribution < 1.29 is 0 Å². The highest BCUT2D eigenvalue weighted by Gasteiger charge is 2.42. The van der Waals surface area contributed by atoms with Gasteiger partial charge in [-0.15, -0.1) is 0 Å². The van der Waals surface area contributed by atoms with Gasteiger partial charge < -0.3 is 4.90 Å². The monoisotopic (exact) mass is 225 g/mol. The van der Waals surface area contributed by atoms with Gasteiger partial charge in [0.25, 0.3) is 0 Å². The van der Waals surface area contributed by atoms with E-state index in [4.69, 9.17) is 0 Å². The van der Waals surface area contributed by atoms with Crippen LogP contribution in [0.5, 0.6) is 0 Å². The largest absolute Gasteiger partial charge is 0.311 e. The maximum atomic E-state index is 4.56. The lowest BCUT2D eigenvalue weighted by Gasteiger charge is -2.44. The van der Waals surface area contributed by atoms with Gasteiger partial charge in [-0.3, -0.25) is 5.01 Å². The van der Waals surface area contributed by atoms with Crippen LogP contribution in [0.3, 0.4) is 0 Å². The molecular formula is C14H15N3. The SMILES string of the molecule is CC1c2cccc3c2C2N(C=C3)C=NN2C1C. The van der Waals surface area contributed by atoms with Gasteiger partial charge in [-0.2, -0.15) is 5.10 Å². The molecule has 0 radical (unpaired) electrons. The maximum absolute atomic E-state index is 4.56. The number of rotatable bonds is 0. The topological polar surface area (TPSA) is 18.8 Å². The van der Waals surface area contributed by atoms with Crippen molar-refractivity contribution in [2.24, 2.45) is 5.10 Å². The van der Waals surface area contributed by atoms with Crippen LogP contribution in [0.1, 0.15) is 42.6 Å². The minimum Gasteiger partial charge on any atom is -0.311 e. The Morgan fingerprint density at radius 2 is 2.12 bits per heavy atom. The van der Waals surface area contributed by atoms with E-state index < -0.39 is 0 Å². The van der Waals surface area contributed by atoms with Crippen LogP contribution >= 0.6 is 0 Å². The molecule has 3 aliphatic rings. The predicted molar refractivity (Wildman–Crippen MR) is 68.3 cm³/mol. The summed E-state index contributed by atoms with van der Waals surface area (Å²) in [6, 6.07) is 7.09. The summed E-state index contributed by atoms with van der Waals surface area (Å²) in [7, 11) is 0. The van der Waals surface area contributed by atoms with Crippen LogP contribution in [0.2, 0.25) is 0 Å². The Labute approximate surface area is 101 Å². The molecule has 3 heterocycles. The van der Waals surface area contributed by atoms with E-state index >= 15 is 0 Å². The zero-order chi connectivity index (χ0) is 11.6. The lowest BCUT2D eigenvalue weighted by Crippen LogP contribution is -2.43. The molecule has 0 amide bonds. The third-order valence-corrected chi connectivity index (χ3v) is 4.34. The lowest BCUT2D eigenvalue weighted by atomic mass is 9.81. The third-order valence-electron chi connectivity index (χ3n) is 4.34. The van der Waals surface area contributed by atoms with Gasteiger partial charge in [0.05, 0.1) is 6.04 Å². The van der Waals surface area contributed by atoms with Crippen molar-refractivity contribution in [2.75, 3.05) is 0 Å². The van der Waals surface area contributed by atoms with E-state index in [1.54, 1.807) is 0 Å². The Kier molecular flexibility index (Phi) is 1.59. The molecule has 0 saturated heterocycles. The predicted octanol–water partition coefficient (Wildman–Crippen LogP) is 2.74. The summed E-state index contributed by atoms with van der Waals surface area (Å²) in [4.78, 5) is 2.20. The number of hydrogen-bond donors (Lipinski definition) is 0.